The van der Waals surface area contributed by atoms with Crippen molar-refractivity contribution in [2.24, 2.45) is 0 Å². The molecule has 2 atom stereocenters. The molecule has 2 heterocycles. The molecule has 0 aromatic rings. The number of nitrogens with zero attached hydrogens (tertiary/aromatic N) is 1. The fourth-order valence-corrected chi connectivity index (χ4v) is 2.97. The average molecular weight is 279 g/mol. The van der Waals surface area contributed by atoms with Crippen LogP contribution in [0.4, 0.5) is 4.79 Å². The molecular weight excluding hydrogens is 262 g/mol. The summed E-state index contributed by atoms with van der Waals surface area (Å²) in [6.45, 7) is 5.89. The second-order valence-corrected chi connectivity index (χ2v) is 6.59. The summed E-state index contributed by atoms with van der Waals surface area (Å²) in [6, 6.07) is 0. The monoisotopic (exact) mass is 279 g/mol. The van der Waals surface area contributed by atoms with E-state index in [0.717, 1.165) is 0 Å². The zero-order chi connectivity index (χ0) is 13.6. The normalized spacial score (nSPS) is 30.9. The van der Waals surface area contributed by atoms with Crippen LogP contribution < -0.4 is 0 Å². The van der Waals surface area contributed by atoms with Gasteiger partial charge in [0.15, 0.2) is 0 Å². The lowest BCUT2D eigenvalue weighted by Crippen LogP contribution is -2.49. The van der Waals surface area contributed by atoms with Crippen molar-refractivity contribution >= 4 is 16.5 Å². The maximum absolute atomic E-state index is 11.8. The van der Waals surface area contributed by atoms with Gasteiger partial charge in [0.05, 0.1) is 6.54 Å². The van der Waals surface area contributed by atoms with E-state index in [0.29, 0.717) is 13.0 Å². The number of hydrogen-bond acceptors (Lipinski definition) is 6. The number of hydrogen-bond donors (Lipinski definition) is 0. The maximum atomic E-state index is 11.8. The average Bonchev–Trinajstić information content (AvgIpc) is 2.47. The summed E-state index contributed by atoms with van der Waals surface area (Å²) in [6.07, 6.45) is -1.16. The molecule has 0 aromatic heterocycles. The molecule has 18 heavy (non-hydrogen) atoms. The Bertz CT molecular complexity index is 440. The molecule has 0 radical (unpaired) electrons. The third-order valence-corrected chi connectivity index (χ3v) is 3.60. The van der Waals surface area contributed by atoms with Crippen LogP contribution in [0.15, 0.2) is 0 Å². The first-order valence-corrected chi connectivity index (χ1v) is 7.09. The van der Waals surface area contributed by atoms with Crippen LogP contribution in [0.25, 0.3) is 0 Å². The van der Waals surface area contributed by atoms with Crippen LogP contribution in [0.2, 0.25) is 0 Å². The number of amides is 1. The Morgan fingerprint density at radius 3 is 2.50 bits per heavy atom. The van der Waals surface area contributed by atoms with Gasteiger partial charge in [-0.25, -0.2) is 13.2 Å². The minimum absolute atomic E-state index is 0.165. The van der Waals surface area contributed by atoms with Gasteiger partial charge in [-0.1, -0.05) is 0 Å². The summed E-state index contributed by atoms with van der Waals surface area (Å²) in [5.74, 6) is 0. The summed E-state index contributed by atoms with van der Waals surface area (Å²) >= 11 is 0. The number of ether oxygens (including phenoxy) is 1. The van der Waals surface area contributed by atoms with Crippen LogP contribution in [-0.4, -0.2) is 50.3 Å². The Labute approximate surface area is 106 Å². The molecule has 0 saturated carbocycles. The standard InChI is InChI=1S/C10H17NO6S/c1-10(2,3)15-9(12)11-5-4-7-8(6-11)17-18(13,14)16-7/h7-8H,4-6H2,1-3H3. The smallest absolute Gasteiger partial charge is 0.410 e. The van der Waals surface area contributed by atoms with Gasteiger partial charge in [0.1, 0.15) is 17.8 Å². The second-order valence-electron chi connectivity index (χ2n) is 5.39. The zero-order valence-electron chi connectivity index (χ0n) is 10.6. The molecule has 0 aromatic carbocycles. The number of piperidine rings is 1. The van der Waals surface area contributed by atoms with Gasteiger partial charge in [0.2, 0.25) is 0 Å². The lowest BCUT2D eigenvalue weighted by atomic mass is 10.1. The van der Waals surface area contributed by atoms with Crippen molar-refractivity contribution in [3.8, 4) is 0 Å². The summed E-state index contributed by atoms with van der Waals surface area (Å²) in [7, 11) is -3.89. The Morgan fingerprint density at radius 2 is 1.89 bits per heavy atom. The Balaban J connectivity index is 1.97. The van der Waals surface area contributed by atoms with E-state index >= 15 is 0 Å². The van der Waals surface area contributed by atoms with Crippen LogP contribution in [0, 0.1) is 0 Å². The van der Waals surface area contributed by atoms with Gasteiger partial charge in [0.25, 0.3) is 0 Å². The third-order valence-electron chi connectivity index (χ3n) is 2.63. The topological polar surface area (TPSA) is 82.1 Å². The third kappa shape index (κ3) is 3.12. The van der Waals surface area contributed by atoms with Gasteiger partial charge in [-0.2, -0.15) is 8.42 Å². The largest absolute Gasteiger partial charge is 0.444 e. The second kappa shape index (κ2) is 4.36. The van der Waals surface area contributed by atoms with Crippen LogP contribution in [0.5, 0.6) is 0 Å². The molecule has 2 saturated heterocycles. The van der Waals surface area contributed by atoms with Crippen molar-refractivity contribution in [2.45, 2.75) is 45.0 Å². The summed E-state index contributed by atoms with van der Waals surface area (Å²) < 4.78 is 37.0. The van der Waals surface area contributed by atoms with E-state index < -0.39 is 34.3 Å². The fourth-order valence-electron chi connectivity index (χ4n) is 1.92. The van der Waals surface area contributed by atoms with E-state index in [9.17, 15) is 13.2 Å². The number of carbonyl (C=O) groups is 1. The minimum Gasteiger partial charge on any atom is -0.444 e. The lowest BCUT2D eigenvalue weighted by Gasteiger charge is -2.33. The quantitative estimate of drug-likeness (QED) is 0.647. The molecule has 2 unspecified atom stereocenters. The number of likely N-dealkylation sites (tertiary alicyclic amines) is 1. The molecule has 2 fully saturated rings. The van der Waals surface area contributed by atoms with Crippen molar-refractivity contribution in [1.82, 2.24) is 4.90 Å². The number of rotatable bonds is 0. The number of carbonyl (C=O) groups excluding carboxylic acids is 1. The van der Waals surface area contributed by atoms with E-state index in [-0.39, 0.29) is 6.54 Å². The minimum atomic E-state index is -3.89. The van der Waals surface area contributed by atoms with Crippen LogP contribution in [0.1, 0.15) is 27.2 Å². The molecule has 2 aliphatic rings. The highest BCUT2D eigenvalue weighted by Gasteiger charge is 2.45. The molecule has 0 aliphatic carbocycles. The molecule has 1 amide bonds. The van der Waals surface area contributed by atoms with Gasteiger partial charge in [0, 0.05) is 6.54 Å². The molecule has 2 rings (SSSR count). The van der Waals surface area contributed by atoms with Gasteiger partial charge < -0.3 is 9.64 Å². The van der Waals surface area contributed by atoms with Gasteiger partial charge in [-0.3, -0.25) is 0 Å². The summed E-state index contributed by atoms with van der Waals surface area (Å²) in [5.41, 5.74) is -0.576. The van der Waals surface area contributed by atoms with E-state index in [4.69, 9.17) is 13.1 Å². The van der Waals surface area contributed by atoms with E-state index in [1.54, 1.807) is 20.8 Å². The van der Waals surface area contributed by atoms with E-state index in [1.807, 2.05) is 0 Å². The van der Waals surface area contributed by atoms with Crippen molar-refractivity contribution in [3.05, 3.63) is 0 Å². The van der Waals surface area contributed by atoms with Crippen LogP contribution in [0.3, 0.4) is 0 Å². The van der Waals surface area contributed by atoms with E-state index in [1.165, 1.54) is 4.90 Å². The van der Waals surface area contributed by atoms with Gasteiger partial charge in [-0.05, 0) is 27.2 Å². The Hall–Kier alpha value is -0.860. The lowest BCUT2D eigenvalue weighted by molar-refractivity contribution is -0.000758. The van der Waals surface area contributed by atoms with E-state index in [2.05, 4.69) is 0 Å². The molecule has 8 heteroatoms. The predicted octanol–water partition coefficient (Wildman–Crippen LogP) is 0.656. The maximum Gasteiger partial charge on any atom is 0.410 e. The summed E-state index contributed by atoms with van der Waals surface area (Å²) in [5, 5.41) is 0. The van der Waals surface area contributed by atoms with Crippen molar-refractivity contribution in [3.63, 3.8) is 0 Å². The van der Waals surface area contributed by atoms with Crippen molar-refractivity contribution in [1.29, 1.82) is 0 Å². The van der Waals surface area contributed by atoms with Gasteiger partial charge >= 0.3 is 16.5 Å². The zero-order valence-corrected chi connectivity index (χ0v) is 11.4. The molecule has 104 valence electrons. The van der Waals surface area contributed by atoms with Gasteiger partial charge in [-0.15, -0.1) is 0 Å². The van der Waals surface area contributed by atoms with Crippen LogP contribution in [-0.2, 0) is 23.5 Å². The first kappa shape index (κ1) is 13.6. The molecular formula is C10H17NO6S. The number of fused-ring (bicyclic) bond motifs is 1. The van der Waals surface area contributed by atoms with Crippen LogP contribution >= 0.6 is 0 Å². The molecule has 7 nitrogen and oxygen atoms in total. The molecule has 0 N–H and O–H groups in total. The predicted molar refractivity (Wildman–Crippen MR) is 61.1 cm³/mol. The molecule has 2 aliphatic heterocycles. The summed E-state index contributed by atoms with van der Waals surface area (Å²) in [4.78, 5) is 13.3. The first-order chi connectivity index (χ1) is 8.16. The highest BCUT2D eigenvalue weighted by Crippen LogP contribution is 2.28. The molecule has 0 spiro atoms. The van der Waals surface area contributed by atoms with Crippen molar-refractivity contribution in [2.75, 3.05) is 13.1 Å². The molecule has 0 bridgehead atoms. The highest BCUT2D eigenvalue weighted by molar-refractivity contribution is 7.82. The SMILES string of the molecule is CC(C)(C)OC(=O)N1CCC2OS(=O)(=O)OC2C1. The first-order valence-electron chi connectivity index (χ1n) is 5.76. The highest BCUT2D eigenvalue weighted by atomic mass is 32.3. The Kier molecular flexibility index (Phi) is 3.28. The fraction of sp³-hybridized carbons (Fsp3) is 0.900. The van der Waals surface area contributed by atoms with Crippen molar-refractivity contribution < 1.29 is 26.3 Å². The Morgan fingerprint density at radius 1 is 1.28 bits per heavy atom.